The Labute approximate surface area is 134 Å². The number of nitriles is 1. The van der Waals surface area contributed by atoms with E-state index in [4.69, 9.17) is 16.9 Å². The van der Waals surface area contributed by atoms with Crippen LogP contribution in [-0.2, 0) is 16.4 Å². The van der Waals surface area contributed by atoms with Crippen LogP contribution in [0.1, 0.15) is 11.3 Å². The largest absolute Gasteiger partial charge is 0.261 e. The minimum atomic E-state index is -3.78. The first kappa shape index (κ1) is 16.4. The predicted molar refractivity (Wildman–Crippen MR) is 83.9 cm³/mol. The standard InChI is InChI=1S/C15H14ClN3O2S/c1-19(10-8-12-5-2-3-9-18-12)22(20,21)15-7-4-6-14(16)13(15)11-17/h2-7,9H,8,10H2,1H3. The minimum Gasteiger partial charge on any atom is -0.261 e. The van der Waals surface area contributed by atoms with Crippen molar-refractivity contribution in [3.05, 3.63) is 58.9 Å². The van der Waals surface area contributed by atoms with Gasteiger partial charge in [0.25, 0.3) is 0 Å². The van der Waals surface area contributed by atoms with Gasteiger partial charge in [0, 0.05) is 31.9 Å². The van der Waals surface area contributed by atoms with Crippen LogP contribution in [0.2, 0.25) is 5.02 Å². The van der Waals surface area contributed by atoms with E-state index in [2.05, 4.69) is 4.98 Å². The van der Waals surface area contributed by atoms with E-state index in [-0.39, 0.29) is 22.0 Å². The van der Waals surface area contributed by atoms with Gasteiger partial charge in [0.15, 0.2) is 0 Å². The molecule has 0 fully saturated rings. The van der Waals surface area contributed by atoms with Crippen LogP contribution in [-0.4, -0.2) is 31.3 Å². The van der Waals surface area contributed by atoms with Crippen LogP contribution in [0, 0.1) is 11.3 Å². The monoisotopic (exact) mass is 335 g/mol. The molecule has 0 aliphatic heterocycles. The second kappa shape index (κ2) is 6.88. The first-order valence-electron chi connectivity index (χ1n) is 6.51. The van der Waals surface area contributed by atoms with Crippen LogP contribution in [0.15, 0.2) is 47.5 Å². The fraction of sp³-hybridized carbons (Fsp3) is 0.200. The summed E-state index contributed by atoms with van der Waals surface area (Å²) >= 11 is 5.90. The van der Waals surface area contributed by atoms with Gasteiger partial charge in [-0.1, -0.05) is 23.7 Å². The predicted octanol–water partition coefficient (Wildman–Crippen LogP) is 2.47. The third-order valence-corrected chi connectivity index (χ3v) is 5.40. The number of rotatable bonds is 5. The molecular formula is C15H14ClN3O2S. The van der Waals surface area contributed by atoms with Crippen molar-refractivity contribution in [3.63, 3.8) is 0 Å². The van der Waals surface area contributed by atoms with E-state index in [1.165, 1.54) is 29.6 Å². The van der Waals surface area contributed by atoms with Gasteiger partial charge in [-0.25, -0.2) is 12.7 Å². The van der Waals surface area contributed by atoms with E-state index < -0.39 is 10.0 Å². The molecule has 2 aromatic rings. The molecule has 0 unspecified atom stereocenters. The van der Waals surface area contributed by atoms with Gasteiger partial charge < -0.3 is 0 Å². The third-order valence-electron chi connectivity index (χ3n) is 3.18. The highest BCUT2D eigenvalue weighted by molar-refractivity contribution is 7.89. The number of hydrogen-bond acceptors (Lipinski definition) is 4. The van der Waals surface area contributed by atoms with Gasteiger partial charge in [-0.2, -0.15) is 5.26 Å². The van der Waals surface area contributed by atoms with Crippen molar-refractivity contribution in [1.29, 1.82) is 5.26 Å². The first-order chi connectivity index (χ1) is 10.5. The van der Waals surface area contributed by atoms with Crippen molar-refractivity contribution in [2.75, 3.05) is 13.6 Å². The molecule has 0 aliphatic rings. The molecule has 7 heteroatoms. The van der Waals surface area contributed by atoms with E-state index in [1.807, 2.05) is 18.2 Å². The Kier molecular flexibility index (Phi) is 5.14. The molecule has 0 atom stereocenters. The molecule has 114 valence electrons. The summed E-state index contributed by atoms with van der Waals surface area (Å²) in [5.74, 6) is 0. The Morgan fingerprint density at radius 3 is 2.68 bits per heavy atom. The fourth-order valence-corrected chi connectivity index (χ4v) is 3.54. The van der Waals surface area contributed by atoms with Crippen molar-refractivity contribution in [2.24, 2.45) is 0 Å². The average Bonchev–Trinajstić information content (AvgIpc) is 2.53. The van der Waals surface area contributed by atoms with Crippen LogP contribution in [0.4, 0.5) is 0 Å². The fourth-order valence-electron chi connectivity index (χ4n) is 1.93. The SMILES string of the molecule is CN(CCc1ccccn1)S(=O)(=O)c1cccc(Cl)c1C#N. The highest BCUT2D eigenvalue weighted by Gasteiger charge is 2.25. The molecule has 0 radical (unpaired) electrons. The van der Waals surface area contributed by atoms with Gasteiger partial charge in [-0.15, -0.1) is 0 Å². The van der Waals surface area contributed by atoms with Crippen LogP contribution in [0.3, 0.4) is 0 Å². The van der Waals surface area contributed by atoms with Gasteiger partial charge in [0.05, 0.1) is 10.6 Å². The van der Waals surface area contributed by atoms with Crippen LogP contribution < -0.4 is 0 Å². The Bertz CT molecular complexity index is 801. The molecule has 0 saturated carbocycles. The maximum atomic E-state index is 12.6. The zero-order valence-electron chi connectivity index (χ0n) is 11.9. The van der Waals surface area contributed by atoms with E-state index in [0.717, 1.165) is 5.69 Å². The zero-order chi connectivity index (χ0) is 16.2. The molecule has 0 aliphatic carbocycles. The molecule has 22 heavy (non-hydrogen) atoms. The lowest BCUT2D eigenvalue weighted by Gasteiger charge is -2.18. The quantitative estimate of drug-likeness (QED) is 0.841. The summed E-state index contributed by atoms with van der Waals surface area (Å²) in [6, 6.07) is 11.7. The maximum Gasteiger partial charge on any atom is 0.244 e. The van der Waals surface area contributed by atoms with Crippen LogP contribution in [0.25, 0.3) is 0 Å². The summed E-state index contributed by atoms with van der Waals surface area (Å²) in [7, 11) is -2.30. The molecule has 0 bridgehead atoms. The lowest BCUT2D eigenvalue weighted by molar-refractivity contribution is 0.471. The number of hydrogen-bond donors (Lipinski definition) is 0. The molecule has 0 amide bonds. The minimum absolute atomic E-state index is 0.0335. The van der Waals surface area contributed by atoms with Crippen molar-refractivity contribution >= 4 is 21.6 Å². The Morgan fingerprint density at radius 2 is 2.05 bits per heavy atom. The summed E-state index contributed by atoms with van der Waals surface area (Å²) in [6.45, 7) is 0.261. The Balaban J connectivity index is 2.24. The molecular weight excluding hydrogens is 322 g/mol. The summed E-state index contributed by atoms with van der Waals surface area (Å²) in [4.78, 5) is 4.08. The van der Waals surface area contributed by atoms with Crippen molar-refractivity contribution in [2.45, 2.75) is 11.3 Å². The average molecular weight is 336 g/mol. The number of pyridine rings is 1. The number of likely N-dealkylation sites (N-methyl/N-ethyl adjacent to an activating group) is 1. The molecule has 5 nitrogen and oxygen atoms in total. The molecule has 1 aromatic carbocycles. The van der Waals surface area contributed by atoms with E-state index >= 15 is 0 Å². The lowest BCUT2D eigenvalue weighted by Crippen LogP contribution is -2.29. The molecule has 0 spiro atoms. The van der Waals surface area contributed by atoms with Crippen LogP contribution >= 0.6 is 11.6 Å². The maximum absolute atomic E-state index is 12.6. The summed E-state index contributed by atoms with van der Waals surface area (Å²) in [5, 5.41) is 9.25. The van der Waals surface area contributed by atoms with Gasteiger partial charge in [0.2, 0.25) is 10.0 Å². The molecule has 1 heterocycles. The summed E-state index contributed by atoms with van der Waals surface area (Å²) < 4.78 is 26.4. The molecule has 1 aromatic heterocycles. The van der Waals surface area contributed by atoms with Gasteiger partial charge in [-0.3, -0.25) is 4.98 Å². The van der Waals surface area contributed by atoms with Crippen molar-refractivity contribution in [3.8, 4) is 6.07 Å². The summed E-state index contributed by atoms with van der Waals surface area (Å²) in [6.07, 6.45) is 2.15. The van der Waals surface area contributed by atoms with E-state index in [1.54, 1.807) is 12.3 Å². The number of aromatic nitrogens is 1. The topological polar surface area (TPSA) is 74.1 Å². The summed E-state index contributed by atoms with van der Waals surface area (Å²) in [5.41, 5.74) is 0.769. The van der Waals surface area contributed by atoms with Crippen molar-refractivity contribution in [1.82, 2.24) is 9.29 Å². The normalized spacial score (nSPS) is 11.4. The van der Waals surface area contributed by atoms with Crippen LogP contribution in [0.5, 0.6) is 0 Å². The van der Waals surface area contributed by atoms with Crippen molar-refractivity contribution < 1.29 is 8.42 Å². The van der Waals surface area contributed by atoms with Gasteiger partial charge >= 0.3 is 0 Å². The smallest absolute Gasteiger partial charge is 0.244 e. The molecule has 0 saturated heterocycles. The van der Waals surface area contributed by atoms with Gasteiger partial charge in [0.1, 0.15) is 11.0 Å². The second-order valence-corrected chi connectivity index (χ2v) is 7.04. The molecule has 2 rings (SSSR count). The Morgan fingerprint density at radius 1 is 1.27 bits per heavy atom. The van der Waals surface area contributed by atoms with E-state index in [9.17, 15) is 8.42 Å². The number of benzene rings is 1. The highest BCUT2D eigenvalue weighted by Crippen LogP contribution is 2.25. The number of nitrogens with zero attached hydrogens (tertiary/aromatic N) is 3. The number of sulfonamides is 1. The Hall–Kier alpha value is -1.94. The highest BCUT2D eigenvalue weighted by atomic mass is 35.5. The zero-order valence-corrected chi connectivity index (χ0v) is 13.5. The first-order valence-corrected chi connectivity index (χ1v) is 8.33. The lowest BCUT2D eigenvalue weighted by atomic mass is 10.2. The number of halogens is 1. The van der Waals surface area contributed by atoms with Gasteiger partial charge in [-0.05, 0) is 24.3 Å². The third kappa shape index (κ3) is 3.45. The van der Waals surface area contributed by atoms with E-state index in [0.29, 0.717) is 6.42 Å². The molecule has 0 N–H and O–H groups in total. The second-order valence-electron chi connectivity index (χ2n) is 4.62.